The minimum absolute atomic E-state index is 0.0297. The number of rotatable bonds is 7. The third-order valence-electron chi connectivity index (χ3n) is 6.66. The zero-order valence-corrected chi connectivity index (χ0v) is 19.9. The maximum atomic E-state index is 13.0. The highest BCUT2D eigenvalue weighted by molar-refractivity contribution is 6.10. The molecule has 2 atom stereocenters. The second-order valence-corrected chi connectivity index (χ2v) is 8.98. The van der Waals surface area contributed by atoms with Crippen molar-refractivity contribution in [3.05, 3.63) is 54.1 Å². The lowest BCUT2D eigenvalue weighted by Gasteiger charge is -2.36. The van der Waals surface area contributed by atoms with Crippen molar-refractivity contribution in [1.82, 2.24) is 10.2 Å². The van der Waals surface area contributed by atoms with Crippen LogP contribution in [0.25, 0.3) is 0 Å². The highest BCUT2D eigenvalue weighted by Gasteiger charge is 2.55. The monoisotopic (exact) mass is 478 g/mol. The largest absolute Gasteiger partial charge is 0.494 e. The topological polar surface area (TPSA) is 117 Å². The Bertz CT molecular complexity index is 1120. The molecule has 2 aliphatic rings. The number of imide groups is 1. The van der Waals surface area contributed by atoms with Gasteiger partial charge in [0.1, 0.15) is 17.8 Å². The summed E-state index contributed by atoms with van der Waals surface area (Å²) in [4.78, 5) is 51.6. The molecule has 2 aromatic carbocycles. The van der Waals surface area contributed by atoms with Crippen molar-refractivity contribution in [2.75, 3.05) is 23.8 Å². The quantitative estimate of drug-likeness (QED) is 0.524. The van der Waals surface area contributed by atoms with Crippen LogP contribution in [0.1, 0.15) is 49.9 Å². The number of amides is 5. The molecule has 184 valence electrons. The van der Waals surface area contributed by atoms with Crippen molar-refractivity contribution < 1.29 is 23.9 Å². The van der Waals surface area contributed by atoms with Gasteiger partial charge in [-0.15, -0.1) is 0 Å². The number of benzene rings is 2. The molecule has 0 bridgehead atoms. The summed E-state index contributed by atoms with van der Waals surface area (Å²) in [5, 5.41) is 8.34. The molecule has 35 heavy (non-hydrogen) atoms. The van der Waals surface area contributed by atoms with Crippen LogP contribution in [0.4, 0.5) is 16.2 Å². The summed E-state index contributed by atoms with van der Waals surface area (Å²) in [6, 6.07) is 12.9. The van der Waals surface area contributed by atoms with Crippen LogP contribution in [0.2, 0.25) is 0 Å². The molecular formula is C26H30N4O5. The highest BCUT2D eigenvalue weighted by Crippen LogP contribution is 2.38. The number of nitrogens with zero attached hydrogens (tertiary/aromatic N) is 1. The Morgan fingerprint density at radius 2 is 1.69 bits per heavy atom. The van der Waals surface area contributed by atoms with E-state index < -0.39 is 17.5 Å². The number of hydrogen-bond donors (Lipinski definition) is 3. The van der Waals surface area contributed by atoms with Gasteiger partial charge in [0.15, 0.2) is 0 Å². The number of ether oxygens (including phenoxy) is 1. The Hall–Kier alpha value is -3.88. The van der Waals surface area contributed by atoms with E-state index in [0.29, 0.717) is 30.0 Å². The summed E-state index contributed by atoms with van der Waals surface area (Å²) < 4.78 is 5.39. The van der Waals surface area contributed by atoms with Crippen LogP contribution in [-0.2, 0) is 9.59 Å². The maximum absolute atomic E-state index is 13.0. The molecule has 2 fully saturated rings. The van der Waals surface area contributed by atoms with Gasteiger partial charge in [-0.2, -0.15) is 0 Å². The van der Waals surface area contributed by atoms with Crippen LogP contribution in [0.3, 0.4) is 0 Å². The van der Waals surface area contributed by atoms with E-state index in [4.69, 9.17) is 4.74 Å². The van der Waals surface area contributed by atoms with Crippen LogP contribution >= 0.6 is 0 Å². The predicted molar refractivity (Wildman–Crippen MR) is 131 cm³/mol. The zero-order chi connectivity index (χ0) is 25.0. The van der Waals surface area contributed by atoms with Crippen molar-refractivity contribution >= 4 is 35.1 Å². The van der Waals surface area contributed by atoms with Gasteiger partial charge in [0.05, 0.1) is 6.61 Å². The normalized spacial score (nSPS) is 21.5. The summed E-state index contributed by atoms with van der Waals surface area (Å²) in [6.07, 6.45) is 3.36. The Morgan fingerprint density at radius 1 is 1.03 bits per heavy atom. The van der Waals surface area contributed by atoms with Crippen LogP contribution in [0, 0.1) is 5.92 Å². The van der Waals surface area contributed by atoms with Crippen molar-refractivity contribution in [3.8, 4) is 5.75 Å². The van der Waals surface area contributed by atoms with Gasteiger partial charge in [-0.3, -0.25) is 19.3 Å². The molecule has 1 saturated carbocycles. The first kappa shape index (κ1) is 24.3. The van der Waals surface area contributed by atoms with E-state index in [9.17, 15) is 19.2 Å². The van der Waals surface area contributed by atoms with Gasteiger partial charge in [-0.25, -0.2) is 4.79 Å². The van der Waals surface area contributed by atoms with E-state index >= 15 is 0 Å². The molecule has 1 heterocycles. The minimum Gasteiger partial charge on any atom is -0.494 e. The standard InChI is InChI=1S/C26H30N4O5/c1-3-35-21-13-11-20(12-14-21)28-23(32)18-7-9-19(10-8-18)27-22(31)16-30-24(33)26(29-25(30)34)15-5-4-6-17(26)2/h7-14,17H,3-6,15-16H2,1-2H3,(H,27,31)(H,28,32)(H,29,34)/t17-,26-/m1/s1. The lowest BCUT2D eigenvalue weighted by Crippen LogP contribution is -2.54. The molecule has 1 spiro atoms. The minimum atomic E-state index is -0.895. The molecule has 9 heteroatoms. The number of carbonyl (C=O) groups excluding carboxylic acids is 4. The van der Waals surface area contributed by atoms with Gasteiger partial charge in [0.25, 0.3) is 11.8 Å². The van der Waals surface area contributed by atoms with Crippen molar-refractivity contribution in [3.63, 3.8) is 0 Å². The Balaban J connectivity index is 1.33. The van der Waals surface area contributed by atoms with Crippen LogP contribution in [0.5, 0.6) is 5.75 Å². The van der Waals surface area contributed by atoms with Gasteiger partial charge >= 0.3 is 6.03 Å². The molecule has 0 aromatic heterocycles. The van der Waals surface area contributed by atoms with E-state index in [-0.39, 0.29) is 24.3 Å². The fourth-order valence-corrected chi connectivity index (χ4v) is 4.69. The Kier molecular flexibility index (Phi) is 7.04. The first-order chi connectivity index (χ1) is 16.8. The van der Waals surface area contributed by atoms with Crippen molar-refractivity contribution in [1.29, 1.82) is 0 Å². The van der Waals surface area contributed by atoms with Gasteiger partial charge in [0.2, 0.25) is 5.91 Å². The zero-order valence-electron chi connectivity index (χ0n) is 19.9. The number of nitrogens with one attached hydrogen (secondary N) is 3. The van der Waals surface area contributed by atoms with Crippen molar-refractivity contribution in [2.45, 2.75) is 45.1 Å². The molecular weight excluding hydrogens is 448 g/mol. The summed E-state index contributed by atoms with van der Waals surface area (Å²) >= 11 is 0. The Morgan fingerprint density at radius 3 is 2.34 bits per heavy atom. The lowest BCUT2D eigenvalue weighted by molar-refractivity contribution is -0.136. The van der Waals surface area contributed by atoms with E-state index in [0.717, 1.165) is 29.9 Å². The molecule has 1 aliphatic heterocycles. The number of hydrogen-bond acceptors (Lipinski definition) is 5. The Labute approximate surface area is 204 Å². The smallest absolute Gasteiger partial charge is 0.325 e. The molecule has 5 amide bonds. The molecule has 2 aromatic rings. The molecule has 4 rings (SSSR count). The van der Waals surface area contributed by atoms with Gasteiger partial charge < -0.3 is 20.7 Å². The fraction of sp³-hybridized carbons (Fsp3) is 0.385. The van der Waals surface area contributed by atoms with E-state index in [1.807, 2.05) is 13.8 Å². The number of carbonyl (C=O) groups is 4. The molecule has 3 N–H and O–H groups in total. The first-order valence-corrected chi connectivity index (χ1v) is 11.9. The summed E-state index contributed by atoms with van der Waals surface area (Å²) in [6.45, 7) is 4.07. The molecule has 9 nitrogen and oxygen atoms in total. The van der Waals surface area contributed by atoms with E-state index in [1.54, 1.807) is 48.5 Å². The third kappa shape index (κ3) is 5.13. The molecule has 0 radical (unpaired) electrons. The lowest BCUT2D eigenvalue weighted by atomic mass is 9.73. The fourth-order valence-electron chi connectivity index (χ4n) is 4.69. The van der Waals surface area contributed by atoms with Gasteiger partial charge in [0, 0.05) is 16.9 Å². The summed E-state index contributed by atoms with van der Waals surface area (Å²) in [5.41, 5.74) is 0.614. The summed E-state index contributed by atoms with van der Waals surface area (Å²) in [7, 11) is 0. The van der Waals surface area contributed by atoms with Crippen LogP contribution in [0.15, 0.2) is 48.5 Å². The average molecular weight is 479 g/mol. The molecule has 1 aliphatic carbocycles. The number of urea groups is 1. The van der Waals surface area contributed by atoms with Crippen molar-refractivity contribution in [2.24, 2.45) is 5.92 Å². The maximum Gasteiger partial charge on any atom is 0.325 e. The summed E-state index contributed by atoms with van der Waals surface area (Å²) in [5.74, 6) is -0.353. The second kappa shape index (κ2) is 10.2. The van der Waals surface area contributed by atoms with Crippen LogP contribution in [-0.4, -0.2) is 47.3 Å². The SMILES string of the molecule is CCOc1ccc(NC(=O)c2ccc(NC(=O)CN3C(=O)N[C@@]4(CCCC[C@H]4C)C3=O)cc2)cc1. The van der Waals surface area contributed by atoms with E-state index in [2.05, 4.69) is 16.0 Å². The highest BCUT2D eigenvalue weighted by atomic mass is 16.5. The average Bonchev–Trinajstić information content (AvgIpc) is 3.07. The van der Waals surface area contributed by atoms with Gasteiger partial charge in [-0.05, 0) is 74.2 Å². The predicted octanol–water partition coefficient (Wildman–Crippen LogP) is 3.78. The van der Waals surface area contributed by atoms with E-state index in [1.165, 1.54) is 0 Å². The third-order valence-corrected chi connectivity index (χ3v) is 6.66. The molecule has 1 saturated heterocycles. The molecule has 0 unspecified atom stereocenters. The van der Waals surface area contributed by atoms with Crippen LogP contribution < -0.4 is 20.7 Å². The number of anilines is 2. The first-order valence-electron chi connectivity index (χ1n) is 11.9. The van der Waals surface area contributed by atoms with Gasteiger partial charge in [-0.1, -0.05) is 19.8 Å². The second-order valence-electron chi connectivity index (χ2n) is 8.98.